The molecule has 0 bridgehead atoms. The molecule has 1 aromatic carbocycles. The Morgan fingerprint density at radius 1 is 1.35 bits per heavy atom. The monoisotopic (exact) mass is 354 g/mol. The Labute approximate surface area is 151 Å². The molecular weight excluding hydrogens is 332 g/mol. The minimum absolute atomic E-state index is 0.0301. The van der Waals surface area contributed by atoms with Gasteiger partial charge in [-0.05, 0) is 32.9 Å². The Morgan fingerprint density at radius 3 is 2.92 bits per heavy atom. The highest BCUT2D eigenvalue weighted by atomic mass is 16.5. The Hall–Kier alpha value is -2.80. The number of benzene rings is 1. The average Bonchev–Trinajstić information content (AvgIpc) is 3.13. The van der Waals surface area contributed by atoms with Gasteiger partial charge in [0.25, 0.3) is 0 Å². The zero-order chi connectivity index (χ0) is 18.4. The van der Waals surface area contributed by atoms with Crippen LogP contribution in [-0.2, 0) is 11.3 Å². The maximum Gasteiger partial charge on any atom is 0.151 e. The van der Waals surface area contributed by atoms with Gasteiger partial charge in [0.1, 0.15) is 29.4 Å². The summed E-state index contributed by atoms with van der Waals surface area (Å²) in [7, 11) is 0. The molecule has 0 saturated heterocycles. The van der Waals surface area contributed by atoms with E-state index in [1.807, 2.05) is 19.9 Å². The molecule has 2 aromatic heterocycles. The highest BCUT2D eigenvalue weighted by molar-refractivity contribution is 5.90. The summed E-state index contributed by atoms with van der Waals surface area (Å²) in [6.45, 7) is 6.59. The first kappa shape index (κ1) is 16.7. The van der Waals surface area contributed by atoms with Gasteiger partial charge in [-0.1, -0.05) is 6.07 Å². The Balaban J connectivity index is 1.76. The molecule has 0 aliphatic carbocycles. The second kappa shape index (κ2) is 6.17. The van der Waals surface area contributed by atoms with E-state index in [4.69, 9.17) is 15.2 Å². The minimum atomic E-state index is -0.174. The highest BCUT2D eigenvalue weighted by Crippen LogP contribution is 2.41. The average molecular weight is 354 g/mol. The molecule has 3 heterocycles. The maximum atomic E-state index is 9.65. The molecule has 0 amide bonds. The number of anilines is 1. The number of ether oxygens (including phenoxy) is 2. The number of hydrogen-bond acceptors (Lipinski definition) is 6. The van der Waals surface area contributed by atoms with E-state index in [0.29, 0.717) is 18.2 Å². The second-order valence-corrected chi connectivity index (χ2v) is 6.70. The molecule has 0 radical (unpaired) electrons. The summed E-state index contributed by atoms with van der Waals surface area (Å²) in [5.74, 6) is 1.24. The molecule has 1 aliphatic rings. The van der Waals surface area contributed by atoms with Crippen LogP contribution in [0.1, 0.15) is 44.2 Å². The number of hydrogen-bond donors (Lipinski definition) is 2. The van der Waals surface area contributed by atoms with E-state index in [1.54, 1.807) is 18.2 Å². The first-order valence-electron chi connectivity index (χ1n) is 8.67. The van der Waals surface area contributed by atoms with Gasteiger partial charge in [-0.25, -0.2) is 9.97 Å². The summed E-state index contributed by atoms with van der Waals surface area (Å²) in [6.07, 6.45) is 1.29. The summed E-state index contributed by atoms with van der Waals surface area (Å²) < 4.78 is 14.0. The van der Waals surface area contributed by atoms with Gasteiger partial charge in [-0.2, -0.15) is 0 Å². The van der Waals surface area contributed by atoms with Crippen LogP contribution >= 0.6 is 0 Å². The number of aromatic nitrogens is 3. The molecule has 1 aliphatic heterocycles. The van der Waals surface area contributed by atoms with Crippen LogP contribution < -0.4 is 10.5 Å². The molecule has 3 N–H and O–H groups in total. The topological polar surface area (TPSA) is 95.4 Å². The Bertz CT molecular complexity index is 969. The van der Waals surface area contributed by atoms with Crippen LogP contribution in [0.15, 0.2) is 30.6 Å². The fraction of sp³-hybridized carbons (Fsp3) is 0.368. The minimum Gasteiger partial charge on any atom is -0.508 e. The quantitative estimate of drug-likeness (QED) is 0.746. The van der Waals surface area contributed by atoms with E-state index in [1.165, 1.54) is 6.33 Å². The van der Waals surface area contributed by atoms with Crippen molar-refractivity contribution >= 4 is 16.9 Å². The maximum absolute atomic E-state index is 9.65. The lowest BCUT2D eigenvalue weighted by molar-refractivity contribution is 0.0759. The molecule has 0 saturated carbocycles. The SMILES string of the molecule is CC1OCc2c1c1ncnc(N)c1n2C(C)C(C)Oc1cccc(O)c1. The standard InChI is InChI=1S/C19H22N4O3/c1-10(11(2)26-14-6-4-5-13(24)7-14)23-15-8-25-12(3)16(15)17-18(23)19(20)22-9-21-17/h4-7,9-12,24H,8H2,1-3H3,(H2,20,21,22). The van der Waals surface area contributed by atoms with Gasteiger partial charge in [-0.15, -0.1) is 0 Å². The van der Waals surface area contributed by atoms with Crippen molar-refractivity contribution in [3.8, 4) is 11.5 Å². The summed E-state index contributed by atoms with van der Waals surface area (Å²) in [6, 6.07) is 6.76. The van der Waals surface area contributed by atoms with E-state index in [9.17, 15) is 5.11 Å². The molecule has 7 heteroatoms. The summed E-state index contributed by atoms with van der Waals surface area (Å²) >= 11 is 0. The van der Waals surface area contributed by atoms with Crippen LogP contribution in [0.5, 0.6) is 11.5 Å². The molecule has 136 valence electrons. The number of phenols is 1. The number of phenolic OH excluding ortho intramolecular Hbond substituents is 1. The molecule has 3 aromatic rings. The Kier molecular flexibility index (Phi) is 3.96. The van der Waals surface area contributed by atoms with E-state index in [0.717, 1.165) is 22.3 Å². The van der Waals surface area contributed by atoms with Crippen molar-refractivity contribution in [2.45, 2.75) is 45.6 Å². The third kappa shape index (κ3) is 2.55. The molecule has 0 fully saturated rings. The number of nitrogen functional groups attached to an aromatic ring is 1. The van der Waals surface area contributed by atoms with E-state index < -0.39 is 0 Å². The number of rotatable bonds is 4. The fourth-order valence-electron chi connectivity index (χ4n) is 3.62. The summed E-state index contributed by atoms with van der Waals surface area (Å²) in [4.78, 5) is 8.63. The van der Waals surface area contributed by atoms with Crippen molar-refractivity contribution in [3.05, 3.63) is 41.9 Å². The van der Waals surface area contributed by atoms with Gasteiger partial charge in [0.05, 0.1) is 30.0 Å². The molecule has 3 unspecified atom stereocenters. The summed E-state index contributed by atoms with van der Waals surface area (Å²) in [5.41, 5.74) is 10.00. The van der Waals surface area contributed by atoms with Crippen LogP contribution in [0.3, 0.4) is 0 Å². The van der Waals surface area contributed by atoms with Gasteiger partial charge in [-0.3, -0.25) is 0 Å². The zero-order valence-electron chi connectivity index (χ0n) is 15.0. The van der Waals surface area contributed by atoms with Crippen molar-refractivity contribution in [1.82, 2.24) is 14.5 Å². The number of fused-ring (bicyclic) bond motifs is 3. The first-order chi connectivity index (χ1) is 12.5. The van der Waals surface area contributed by atoms with Crippen LogP contribution in [-0.4, -0.2) is 25.7 Å². The van der Waals surface area contributed by atoms with Crippen LogP contribution in [0.25, 0.3) is 11.0 Å². The van der Waals surface area contributed by atoms with Crippen molar-refractivity contribution in [3.63, 3.8) is 0 Å². The third-order valence-corrected chi connectivity index (χ3v) is 5.05. The predicted molar refractivity (Wildman–Crippen MR) is 98.1 cm³/mol. The molecule has 7 nitrogen and oxygen atoms in total. The van der Waals surface area contributed by atoms with Crippen molar-refractivity contribution in [2.24, 2.45) is 0 Å². The normalized spacial score (nSPS) is 18.7. The Morgan fingerprint density at radius 2 is 2.15 bits per heavy atom. The fourth-order valence-corrected chi connectivity index (χ4v) is 3.62. The second-order valence-electron chi connectivity index (χ2n) is 6.70. The van der Waals surface area contributed by atoms with E-state index in [-0.39, 0.29) is 24.0 Å². The van der Waals surface area contributed by atoms with Crippen LogP contribution in [0, 0.1) is 0 Å². The lowest BCUT2D eigenvalue weighted by atomic mass is 10.1. The van der Waals surface area contributed by atoms with Gasteiger partial charge in [0, 0.05) is 11.6 Å². The van der Waals surface area contributed by atoms with Crippen molar-refractivity contribution in [1.29, 1.82) is 0 Å². The molecular formula is C19H22N4O3. The molecule has 0 spiro atoms. The molecule has 3 atom stereocenters. The largest absolute Gasteiger partial charge is 0.508 e. The van der Waals surface area contributed by atoms with Crippen molar-refractivity contribution in [2.75, 3.05) is 5.73 Å². The van der Waals surface area contributed by atoms with Crippen LogP contribution in [0.2, 0.25) is 0 Å². The molecule has 26 heavy (non-hydrogen) atoms. The van der Waals surface area contributed by atoms with E-state index >= 15 is 0 Å². The first-order valence-corrected chi connectivity index (χ1v) is 8.67. The van der Waals surface area contributed by atoms with Crippen LogP contribution in [0.4, 0.5) is 5.82 Å². The number of nitrogens with zero attached hydrogens (tertiary/aromatic N) is 3. The van der Waals surface area contributed by atoms with Gasteiger partial charge in [0.15, 0.2) is 5.82 Å². The summed E-state index contributed by atoms with van der Waals surface area (Å²) in [5, 5.41) is 9.65. The predicted octanol–water partition coefficient (Wildman–Crippen LogP) is 3.34. The lowest BCUT2D eigenvalue weighted by Crippen LogP contribution is -2.26. The zero-order valence-corrected chi connectivity index (χ0v) is 15.0. The lowest BCUT2D eigenvalue weighted by Gasteiger charge is -2.25. The van der Waals surface area contributed by atoms with Crippen molar-refractivity contribution < 1.29 is 14.6 Å². The van der Waals surface area contributed by atoms with Gasteiger partial charge in [0.2, 0.25) is 0 Å². The van der Waals surface area contributed by atoms with Gasteiger partial charge >= 0.3 is 0 Å². The third-order valence-electron chi connectivity index (χ3n) is 5.05. The smallest absolute Gasteiger partial charge is 0.151 e. The highest BCUT2D eigenvalue weighted by Gasteiger charge is 2.33. The van der Waals surface area contributed by atoms with E-state index in [2.05, 4.69) is 21.5 Å². The number of aromatic hydroxyl groups is 1. The molecule has 4 rings (SSSR count). The number of nitrogens with two attached hydrogens (primary N) is 1. The van der Waals surface area contributed by atoms with Gasteiger partial charge < -0.3 is 24.9 Å².